The number of azide groups is 1. The Balaban J connectivity index is 1.60. The van der Waals surface area contributed by atoms with E-state index in [1.54, 1.807) is 0 Å². The SMILES string of the molecule is CO[C@H]1O[C@H](CO)[C@@H](OCCOCCOCCOCCN=[N+]=[N-])[C@@H]2OC(C)(C)O[C@H]12. The number of fused-ring (bicyclic) bond motifs is 1. The maximum absolute atomic E-state index is 9.69. The van der Waals surface area contributed by atoms with Crippen LogP contribution < -0.4 is 0 Å². The molecule has 0 saturated carbocycles. The van der Waals surface area contributed by atoms with E-state index < -0.39 is 36.5 Å². The van der Waals surface area contributed by atoms with Gasteiger partial charge in [-0.05, 0) is 19.4 Å². The normalized spacial score (nSPS) is 30.1. The average Bonchev–Trinajstić information content (AvgIpc) is 3.06. The van der Waals surface area contributed by atoms with Crippen molar-refractivity contribution in [1.29, 1.82) is 0 Å². The van der Waals surface area contributed by atoms with Crippen molar-refractivity contribution in [3.63, 3.8) is 0 Å². The van der Waals surface area contributed by atoms with Crippen molar-refractivity contribution in [3.8, 4) is 0 Å². The van der Waals surface area contributed by atoms with Gasteiger partial charge in [0.1, 0.15) is 24.4 Å². The molecule has 2 saturated heterocycles. The lowest BCUT2D eigenvalue weighted by Gasteiger charge is -2.40. The molecule has 2 fully saturated rings. The van der Waals surface area contributed by atoms with Crippen LogP contribution in [0.5, 0.6) is 0 Å². The third kappa shape index (κ3) is 7.89. The van der Waals surface area contributed by atoms with E-state index in [0.29, 0.717) is 52.8 Å². The highest BCUT2D eigenvalue weighted by atomic mass is 16.8. The summed E-state index contributed by atoms with van der Waals surface area (Å²) in [5, 5.41) is 13.1. The van der Waals surface area contributed by atoms with Gasteiger partial charge in [0.05, 0.1) is 52.9 Å². The van der Waals surface area contributed by atoms with Gasteiger partial charge in [-0.15, -0.1) is 0 Å². The Morgan fingerprint density at radius 1 is 0.967 bits per heavy atom. The average molecular weight is 435 g/mol. The molecule has 2 heterocycles. The fourth-order valence-electron chi connectivity index (χ4n) is 3.29. The predicted octanol–water partition coefficient (Wildman–Crippen LogP) is 0.615. The molecule has 0 spiro atoms. The number of aliphatic hydroxyl groups is 1. The largest absolute Gasteiger partial charge is 0.394 e. The molecule has 174 valence electrons. The number of hydrogen-bond acceptors (Lipinski definition) is 10. The van der Waals surface area contributed by atoms with Crippen molar-refractivity contribution in [2.75, 3.05) is 66.5 Å². The van der Waals surface area contributed by atoms with Gasteiger partial charge in [0.2, 0.25) is 0 Å². The van der Waals surface area contributed by atoms with E-state index in [-0.39, 0.29) is 6.61 Å². The first-order chi connectivity index (χ1) is 14.5. The van der Waals surface area contributed by atoms with Crippen LogP contribution in [0.3, 0.4) is 0 Å². The van der Waals surface area contributed by atoms with Crippen molar-refractivity contribution in [1.82, 2.24) is 0 Å². The van der Waals surface area contributed by atoms with Crippen LogP contribution in [0, 0.1) is 0 Å². The van der Waals surface area contributed by atoms with Gasteiger partial charge in [-0.25, -0.2) is 0 Å². The Bertz CT molecular complexity index is 533. The van der Waals surface area contributed by atoms with Crippen LogP contribution in [-0.4, -0.2) is 108 Å². The summed E-state index contributed by atoms with van der Waals surface area (Å²) >= 11 is 0. The van der Waals surface area contributed by atoms with E-state index in [4.69, 9.17) is 43.4 Å². The predicted molar refractivity (Wildman–Crippen MR) is 103 cm³/mol. The van der Waals surface area contributed by atoms with Gasteiger partial charge in [0.15, 0.2) is 12.1 Å². The van der Waals surface area contributed by atoms with Gasteiger partial charge in [-0.1, -0.05) is 5.11 Å². The lowest BCUT2D eigenvalue weighted by atomic mass is 9.99. The van der Waals surface area contributed by atoms with Gasteiger partial charge in [-0.2, -0.15) is 0 Å². The second-order valence-corrected chi connectivity index (χ2v) is 7.15. The first-order valence-electron chi connectivity index (χ1n) is 10.0. The van der Waals surface area contributed by atoms with Crippen molar-refractivity contribution in [2.45, 2.75) is 50.3 Å². The minimum absolute atomic E-state index is 0.225. The van der Waals surface area contributed by atoms with Gasteiger partial charge >= 0.3 is 0 Å². The Hall–Kier alpha value is -1.05. The van der Waals surface area contributed by atoms with Gasteiger partial charge in [0, 0.05) is 18.6 Å². The summed E-state index contributed by atoms with van der Waals surface area (Å²) in [5.74, 6) is -0.790. The Morgan fingerprint density at radius 3 is 2.17 bits per heavy atom. The maximum atomic E-state index is 9.69. The fourth-order valence-corrected chi connectivity index (χ4v) is 3.29. The van der Waals surface area contributed by atoms with Crippen LogP contribution in [0.15, 0.2) is 5.11 Å². The molecule has 12 heteroatoms. The second-order valence-electron chi connectivity index (χ2n) is 7.15. The molecule has 0 aromatic carbocycles. The van der Waals surface area contributed by atoms with Crippen molar-refractivity contribution in [3.05, 3.63) is 10.4 Å². The summed E-state index contributed by atoms with van der Waals surface area (Å²) in [6.45, 7) is 6.46. The molecule has 0 aromatic rings. The summed E-state index contributed by atoms with van der Waals surface area (Å²) in [7, 11) is 1.53. The Labute approximate surface area is 176 Å². The molecule has 2 aliphatic rings. The minimum Gasteiger partial charge on any atom is -0.394 e. The molecule has 12 nitrogen and oxygen atoms in total. The van der Waals surface area contributed by atoms with E-state index in [2.05, 4.69) is 10.0 Å². The van der Waals surface area contributed by atoms with Crippen LogP contribution >= 0.6 is 0 Å². The lowest BCUT2D eigenvalue weighted by Crippen LogP contribution is -2.58. The van der Waals surface area contributed by atoms with Crippen molar-refractivity contribution >= 4 is 0 Å². The summed E-state index contributed by atoms with van der Waals surface area (Å²) in [4.78, 5) is 2.64. The maximum Gasteiger partial charge on any atom is 0.186 e. The molecule has 0 unspecified atom stereocenters. The molecule has 1 N–H and O–H groups in total. The standard InChI is InChI=1S/C18H33N3O9/c1-18(2)29-15-14(13(12-22)28-17(23-3)16(15)30-18)27-11-10-26-9-8-25-7-6-24-5-4-20-21-19/h13-17,22H,4-12H2,1-3H3/t13-,14-,15+,16+,17+/m1/s1. The number of hydrogen-bond donors (Lipinski definition) is 1. The molecule has 0 aliphatic carbocycles. The first-order valence-corrected chi connectivity index (χ1v) is 10.0. The summed E-state index contributed by atoms with van der Waals surface area (Å²) in [6.07, 6.45) is -2.59. The monoisotopic (exact) mass is 435 g/mol. The molecule has 0 aromatic heterocycles. The number of nitrogens with zero attached hydrogens (tertiary/aromatic N) is 3. The van der Waals surface area contributed by atoms with E-state index >= 15 is 0 Å². The number of aliphatic hydroxyl groups excluding tert-OH is 1. The van der Waals surface area contributed by atoms with Crippen LogP contribution in [0.4, 0.5) is 0 Å². The number of ether oxygens (including phenoxy) is 8. The van der Waals surface area contributed by atoms with Gasteiger partial charge in [-0.3, -0.25) is 0 Å². The molecule has 5 atom stereocenters. The number of rotatable bonds is 15. The highest BCUT2D eigenvalue weighted by Gasteiger charge is 2.55. The molecule has 2 rings (SSSR count). The van der Waals surface area contributed by atoms with E-state index in [9.17, 15) is 5.11 Å². The summed E-state index contributed by atoms with van der Waals surface area (Å²) < 4.78 is 45.0. The molecule has 2 aliphatic heterocycles. The van der Waals surface area contributed by atoms with Crippen molar-refractivity contribution in [2.24, 2.45) is 5.11 Å². The highest BCUT2D eigenvalue weighted by Crippen LogP contribution is 2.38. The third-order valence-electron chi connectivity index (χ3n) is 4.52. The Kier molecular flexibility index (Phi) is 11.2. The summed E-state index contributed by atoms with van der Waals surface area (Å²) in [6, 6.07) is 0. The zero-order valence-corrected chi connectivity index (χ0v) is 17.8. The Morgan fingerprint density at radius 2 is 1.57 bits per heavy atom. The van der Waals surface area contributed by atoms with Gasteiger partial charge < -0.3 is 43.0 Å². The van der Waals surface area contributed by atoms with Crippen LogP contribution in [0.1, 0.15) is 13.8 Å². The molecule has 0 amide bonds. The van der Waals surface area contributed by atoms with Gasteiger partial charge in [0.25, 0.3) is 0 Å². The molecular weight excluding hydrogens is 402 g/mol. The second kappa shape index (κ2) is 13.4. The smallest absolute Gasteiger partial charge is 0.186 e. The quantitative estimate of drug-likeness (QED) is 0.169. The zero-order chi connectivity index (χ0) is 21.8. The fraction of sp³-hybridized carbons (Fsp3) is 1.00. The first kappa shape index (κ1) is 25.2. The highest BCUT2D eigenvalue weighted by molar-refractivity contribution is 4.97. The van der Waals surface area contributed by atoms with E-state index in [1.165, 1.54) is 7.11 Å². The van der Waals surface area contributed by atoms with Crippen molar-refractivity contribution < 1.29 is 43.0 Å². The molecule has 0 radical (unpaired) electrons. The third-order valence-corrected chi connectivity index (χ3v) is 4.52. The topological polar surface area (TPSA) is 143 Å². The molecule has 0 bridgehead atoms. The van der Waals surface area contributed by atoms with E-state index in [0.717, 1.165) is 0 Å². The lowest BCUT2D eigenvalue weighted by molar-refractivity contribution is -0.280. The minimum atomic E-state index is -0.790. The summed E-state index contributed by atoms with van der Waals surface area (Å²) in [5.41, 5.74) is 8.13. The van der Waals surface area contributed by atoms with Crippen LogP contribution in [0.25, 0.3) is 10.4 Å². The van der Waals surface area contributed by atoms with Crippen LogP contribution in [-0.2, 0) is 37.9 Å². The zero-order valence-electron chi connectivity index (χ0n) is 17.8. The van der Waals surface area contributed by atoms with E-state index in [1.807, 2.05) is 13.8 Å². The molecular formula is C18H33N3O9. The molecule has 30 heavy (non-hydrogen) atoms. The number of methoxy groups -OCH3 is 1. The van der Waals surface area contributed by atoms with Crippen LogP contribution in [0.2, 0.25) is 0 Å².